The van der Waals surface area contributed by atoms with Crippen molar-refractivity contribution < 1.29 is 23.7 Å². The fraction of sp³-hybridized carbons (Fsp3) is 0.316. The molecule has 0 radical (unpaired) electrons. The minimum Gasteiger partial charge on any atom is -0.497 e. The van der Waals surface area contributed by atoms with Gasteiger partial charge in [-0.3, -0.25) is 0 Å². The van der Waals surface area contributed by atoms with Crippen molar-refractivity contribution in [1.82, 2.24) is 9.97 Å². The largest absolute Gasteiger partial charge is 0.497 e. The molecule has 0 fully saturated rings. The van der Waals surface area contributed by atoms with Crippen LogP contribution in [0.25, 0.3) is 10.2 Å². The van der Waals surface area contributed by atoms with Gasteiger partial charge in [0.05, 0.1) is 31.9 Å². The van der Waals surface area contributed by atoms with E-state index in [0.29, 0.717) is 33.6 Å². The monoisotopic (exact) mass is 403 g/mol. The molecule has 0 spiro atoms. The molecule has 1 aromatic carbocycles. The molecule has 0 bridgehead atoms. The summed E-state index contributed by atoms with van der Waals surface area (Å²) in [5.74, 6) is 1.48. The molecular weight excluding hydrogens is 382 g/mol. The summed E-state index contributed by atoms with van der Waals surface area (Å²) < 4.78 is 20.8. The van der Waals surface area contributed by atoms with Crippen LogP contribution in [0.3, 0.4) is 0 Å². The molecule has 8 nitrogen and oxygen atoms in total. The van der Waals surface area contributed by atoms with Gasteiger partial charge in [0, 0.05) is 13.2 Å². The van der Waals surface area contributed by atoms with Crippen LogP contribution in [0.2, 0.25) is 0 Å². The molecule has 1 N–H and O–H groups in total. The molecule has 0 aliphatic heterocycles. The van der Waals surface area contributed by atoms with Crippen LogP contribution < -0.4 is 14.8 Å². The molecule has 3 rings (SSSR count). The fourth-order valence-corrected chi connectivity index (χ4v) is 3.72. The average Bonchev–Trinajstić information content (AvgIpc) is 3.06. The van der Waals surface area contributed by atoms with Gasteiger partial charge in [-0.2, -0.15) is 0 Å². The Morgan fingerprint density at radius 1 is 1.14 bits per heavy atom. The molecule has 2 heterocycles. The number of benzene rings is 1. The van der Waals surface area contributed by atoms with Crippen LogP contribution in [-0.4, -0.2) is 50.5 Å². The van der Waals surface area contributed by atoms with Crippen molar-refractivity contribution >= 4 is 39.0 Å². The first-order valence-corrected chi connectivity index (χ1v) is 9.29. The van der Waals surface area contributed by atoms with E-state index in [9.17, 15) is 4.79 Å². The lowest BCUT2D eigenvalue weighted by Crippen LogP contribution is -2.09. The number of nitrogens with zero attached hydrogens (tertiary/aromatic N) is 2. The van der Waals surface area contributed by atoms with E-state index < -0.39 is 5.97 Å². The number of carbonyl (C=O) groups excluding carboxylic acids is 1. The van der Waals surface area contributed by atoms with Crippen LogP contribution in [0, 0.1) is 6.92 Å². The van der Waals surface area contributed by atoms with Crippen molar-refractivity contribution in [2.24, 2.45) is 0 Å². The summed E-state index contributed by atoms with van der Waals surface area (Å²) in [6.07, 6.45) is 1.46. The molecule has 0 aliphatic carbocycles. The third kappa shape index (κ3) is 4.00. The third-order valence-electron chi connectivity index (χ3n) is 4.09. The number of aryl methyl sites for hydroxylation is 1. The second kappa shape index (κ2) is 8.85. The summed E-state index contributed by atoms with van der Waals surface area (Å²) in [6, 6.07) is 5.44. The lowest BCUT2D eigenvalue weighted by atomic mass is 10.2. The van der Waals surface area contributed by atoms with Gasteiger partial charge >= 0.3 is 5.97 Å². The van der Waals surface area contributed by atoms with Crippen LogP contribution in [0.15, 0.2) is 24.5 Å². The number of anilines is 2. The molecule has 148 valence electrons. The first kappa shape index (κ1) is 19.8. The van der Waals surface area contributed by atoms with Gasteiger partial charge in [-0.1, -0.05) is 0 Å². The highest BCUT2D eigenvalue weighted by Crippen LogP contribution is 2.37. The predicted octanol–water partition coefficient (Wildman–Crippen LogP) is 3.56. The molecule has 28 heavy (non-hydrogen) atoms. The minimum atomic E-state index is -0.398. The summed E-state index contributed by atoms with van der Waals surface area (Å²) in [7, 11) is 4.73. The van der Waals surface area contributed by atoms with E-state index in [1.165, 1.54) is 17.7 Å². The topological polar surface area (TPSA) is 91.8 Å². The summed E-state index contributed by atoms with van der Waals surface area (Å²) in [6.45, 7) is 2.40. The molecule has 0 saturated carbocycles. The zero-order valence-corrected chi connectivity index (χ0v) is 16.9. The fourth-order valence-electron chi connectivity index (χ4n) is 2.67. The number of thiophene rings is 1. The Hall–Kier alpha value is -2.91. The Kier molecular flexibility index (Phi) is 6.27. The van der Waals surface area contributed by atoms with E-state index in [4.69, 9.17) is 18.9 Å². The average molecular weight is 403 g/mol. The molecule has 0 unspecified atom stereocenters. The van der Waals surface area contributed by atoms with Crippen LogP contribution >= 0.6 is 11.3 Å². The first-order valence-electron chi connectivity index (χ1n) is 8.48. The molecular formula is C19H21N3O5S. The van der Waals surface area contributed by atoms with Gasteiger partial charge in [-0.05, 0) is 24.6 Å². The maximum atomic E-state index is 12.4. The molecule has 9 heteroatoms. The van der Waals surface area contributed by atoms with Crippen molar-refractivity contribution in [3.05, 3.63) is 35.0 Å². The number of rotatable bonds is 8. The maximum Gasteiger partial charge on any atom is 0.348 e. The van der Waals surface area contributed by atoms with Crippen molar-refractivity contribution in [3.8, 4) is 11.5 Å². The Morgan fingerprint density at radius 3 is 2.68 bits per heavy atom. The molecule has 0 amide bonds. The van der Waals surface area contributed by atoms with Gasteiger partial charge in [0.25, 0.3) is 0 Å². The Bertz CT molecular complexity index is 989. The van der Waals surface area contributed by atoms with Gasteiger partial charge in [-0.25, -0.2) is 14.8 Å². The first-order chi connectivity index (χ1) is 13.6. The number of hydrogen-bond acceptors (Lipinski definition) is 9. The highest BCUT2D eigenvalue weighted by Gasteiger charge is 2.21. The molecule has 3 aromatic rings. The predicted molar refractivity (Wildman–Crippen MR) is 107 cm³/mol. The highest BCUT2D eigenvalue weighted by atomic mass is 32.1. The number of fused-ring (bicyclic) bond motifs is 1. The number of methoxy groups -OCH3 is 3. The van der Waals surface area contributed by atoms with Gasteiger partial charge in [0.15, 0.2) is 0 Å². The Balaban J connectivity index is 1.96. The van der Waals surface area contributed by atoms with Gasteiger partial charge in [-0.15, -0.1) is 11.3 Å². The van der Waals surface area contributed by atoms with Crippen molar-refractivity contribution in [2.45, 2.75) is 6.92 Å². The Labute approximate surface area is 166 Å². The number of esters is 1. The SMILES string of the molecule is COCCOC(=O)c1sc2ncnc(Nc3ccc(OC)cc3OC)c2c1C. The van der Waals surface area contributed by atoms with E-state index in [1.807, 2.05) is 19.1 Å². The lowest BCUT2D eigenvalue weighted by molar-refractivity contribution is 0.0393. The molecule has 0 aliphatic rings. The van der Waals surface area contributed by atoms with Gasteiger partial charge in [0.2, 0.25) is 0 Å². The number of aromatic nitrogens is 2. The van der Waals surface area contributed by atoms with E-state index in [2.05, 4.69) is 15.3 Å². The summed E-state index contributed by atoms with van der Waals surface area (Å²) >= 11 is 1.27. The van der Waals surface area contributed by atoms with Crippen molar-refractivity contribution in [1.29, 1.82) is 0 Å². The minimum absolute atomic E-state index is 0.197. The van der Waals surface area contributed by atoms with Crippen LogP contribution in [0.5, 0.6) is 11.5 Å². The van der Waals surface area contributed by atoms with Crippen molar-refractivity contribution in [3.63, 3.8) is 0 Å². The lowest BCUT2D eigenvalue weighted by Gasteiger charge is -2.12. The van der Waals surface area contributed by atoms with E-state index in [-0.39, 0.29) is 6.61 Å². The second-order valence-corrected chi connectivity index (χ2v) is 6.78. The van der Waals surface area contributed by atoms with Crippen molar-refractivity contribution in [2.75, 3.05) is 39.9 Å². The highest BCUT2D eigenvalue weighted by molar-refractivity contribution is 7.20. The van der Waals surface area contributed by atoms with E-state index in [0.717, 1.165) is 16.6 Å². The number of ether oxygens (including phenoxy) is 4. The summed E-state index contributed by atoms with van der Waals surface area (Å²) in [5, 5.41) is 4.03. The quantitative estimate of drug-likeness (QED) is 0.451. The normalized spacial score (nSPS) is 10.7. The summed E-state index contributed by atoms with van der Waals surface area (Å²) in [5.41, 5.74) is 1.48. The summed E-state index contributed by atoms with van der Waals surface area (Å²) in [4.78, 5) is 22.2. The van der Waals surface area contributed by atoms with Crippen LogP contribution in [0.4, 0.5) is 11.5 Å². The van der Waals surface area contributed by atoms with E-state index in [1.54, 1.807) is 27.4 Å². The smallest absolute Gasteiger partial charge is 0.348 e. The maximum absolute atomic E-state index is 12.4. The number of nitrogens with one attached hydrogen (secondary N) is 1. The third-order valence-corrected chi connectivity index (χ3v) is 5.27. The second-order valence-electron chi connectivity index (χ2n) is 5.78. The van der Waals surface area contributed by atoms with E-state index >= 15 is 0 Å². The van der Waals surface area contributed by atoms with Gasteiger partial charge < -0.3 is 24.3 Å². The molecule has 0 saturated heterocycles. The van der Waals surface area contributed by atoms with Crippen LogP contribution in [0.1, 0.15) is 15.2 Å². The zero-order chi connectivity index (χ0) is 20.1. The Morgan fingerprint density at radius 2 is 1.96 bits per heavy atom. The zero-order valence-electron chi connectivity index (χ0n) is 16.1. The number of hydrogen-bond donors (Lipinski definition) is 1. The van der Waals surface area contributed by atoms with Crippen LogP contribution in [-0.2, 0) is 9.47 Å². The molecule has 0 atom stereocenters. The van der Waals surface area contributed by atoms with Gasteiger partial charge in [0.1, 0.15) is 40.0 Å². The number of carbonyl (C=O) groups is 1. The standard InChI is InChI=1S/C19H21N3O5S/c1-11-15-17(22-13-6-5-12(25-3)9-14(13)26-4)20-10-21-18(15)28-16(11)19(23)27-8-7-24-2/h5-6,9-10H,7-8H2,1-4H3,(H,20,21,22). The molecule has 2 aromatic heterocycles.